The van der Waals surface area contributed by atoms with Gasteiger partial charge in [0.1, 0.15) is 12.4 Å². The van der Waals surface area contributed by atoms with E-state index < -0.39 is 0 Å². The molecule has 3 heteroatoms. The van der Waals surface area contributed by atoms with Crippen molar-refractivity contribution in [2.24, 2.45) is 0 Å². The zero-order valence-corrected chi connectivity index (χ0v) is 12.8. The summed E-state index contributed by atoms with van der Waals surface area (Å²) in [5, 5.41) is 3.34. The molecule has 0 spiro atoms. The zero-order chi connectivity index (χ0) is 13.7. The summed E-state index contributed by atoms with van der Waals surface area (Å²) in [5.41, 5.74) is 3.55. The van der Waals surface area contributed by atoms with E-state index in [1.54, 1.807) is 0 Å². The molecule has 0 fully saturated rings. The van der Waals surface area contributed by atoms with Gasteiger partial charge in [-0.25, -0.2) is 0 Å². The average Bonchev–Trinajstić information content (AvgIpc) is 2.35. The number of anilines is 1. The summed E-state index contributed by atoms with van der Waals surface area (Å²) in [6, 6.07) is 14.3. The van der Waals surface area contributed by atoms with Crippen LogP contribution in [-0.2, 0) is 0 Å². The molecule has 0 saturated heterocycles. The van der Waals surface area contributed by atoms with Crippen molar-refractivity contribution in [3.8, 4) is 5.75 Å². The first-order valence-electron chi connectivity index (χ1n) is 6.34. The van der Waals surface area contributed by atoms with Gasteiger partial charge in [0.2, 0.25) is 0 Å². The van der Waals surface area contributed by atoms with Gasteiger partial charge in [0.15, 0.2) is 0 Å². The summed E-state index contributed by atoms with van der Waals surface area (Å²) >= 11 is 3.51. The Morgan fingerprint density at radius 1 is 1.05 bits per heavy atom. The molecule has 2 aromatic rings. The summed E-state index contributed by atoms with van der Waals surface area (Å²) in [5.74, 6) is 0.937. The van der Waals surface area contributed by atoms with Crippen LogP contribution in [0.1, 0.15) is 11.1 Å². The number of nitrogens with one attached hydrogen (secondary N) is 1. The van der Waals surface area contributed by atoms with Gasteiger partial charge < -0.3 is 10.1 Å². The smallest absolute Gasteiger partial charge is 0.119 e. The molecule has 100 valence electrons. The number of hydrogen-bond donors (Lipinski definition) is 1. The van der Waals surface area contributed by atoms with Gasteiger partial charge in [-0.1, -0.05) is 18.2 Å². The van der Waals surface area contributed by atoms with Gasteiger partial charge >= 0.3 is 0 Å². The highest BCUT2D eigenvalue weighted by Crippen LogP contribution is 2.21. The van der Waals surface area contributed by atoms with Crippen LogP contribution in [0.2, 0.25) is 0 Å². The lowest BCUT2D eigenvalue weighted by atomic mass is 10.1. The van der Waals surface area contributed by atoms with Crippen molar-refractivity contribution in [3.05, 3.63) is 58.1 Å². The van der Waals surface area contributed by atoms with Gasteiger partial charge in [0.25, 0.3) is 0 Å². The third kappa shape index (κ3) is 4.28. The van der Waals surface area contributed by atoms with Crippen LogP contribution in [0, 0.1) is 13.8 Å². The molecule has 0 unspecified atom stereocenters. The van der Waals surface area contributed by atoms with Crippen molar-refractivity contribution >= 4 is 21.6 Å². The fourth-order valence-electron chi connectivity index (χ4n) is 1.98. The Hall–Kier alpha value is -1.48. The van der Waals surface area contributed by atoms with E-state index in [4.69, 9.17) is 4.74 Å². The molecule has 0 atom stereocenters. The number of benzene rings is 2. The second-order valence-corrected chi connectivity index (χ2v) is 5.43. The molecule has 0 radical (unpaired) electrons. The van der Waals surface area contributed by atoms with E-state index in [2.05, 4.69) is 53.3 Å². The van der Waals surface area contributed by atoms with Crippen molar-refractivity contribution in [2.75, 3.05) is 18.5 Å². The zero-order valence-electron chi connectivity index (χ0n) is 11.2. The lowest BCUT2D eigenvalue weighted by Crippen LogP contribution is -2.11. The van der Waals surface area contributed by atoms with Crippen LogP contribution in [0.5, 0.6) is 5.75 Å². The Labute approximate surface area is 122 Å². The maximum Gasteiger partial charge on any atom is 0.119 e. The van der Waals surface area contributed by atoms with Crippen molar-refractivity contribution in [1.82, 2.24) is 0 Å². The first kappa shape index (κ1) is 13.9. The lowest BCUT2D eigenvalue weighted by Gasteiger charge is -2.11. The topological polar surface area (TPSA) is 21.3 Å². The van der Waals surface area contributed by atoms with E-state index in [1.807, 2.05) is 24.3 Å². The Kier molecular flexibility index (Phi) is 4.86. The third-order valence-corrected chi connectivity index (χ3v) is 3.45. The number of hydrogen-bond acceptors (Lipinski definition) is 2. The fraction of sp³-hybridized carbons (Fsp3) is 0.250. The molecule has 2 nitrogen and oxygen atoms in total. The maximum absolute atomic E-state index is 5.75. The van der Waals surface area contributed by atoms with E-state index in [1.165, 1.54) is 11.1 Å². The summed E-state index contributed by atoms with van der Waals surface area (Å²) in [6.07, 6.45) is 0. The summed E-state index contributed by atoms with van der Waals surface area (Å²) in [4.78, 5) is 0. The molecular formula is C16H18BrNO. The molecule has 0 bridgehead atoms. The predicted molar refractivity (Wildman–Crippen MR) is 84.0 cm³/mol. The highest BCUT2D eigenvalue weighted by molar-refractivity contribution is 9.10. The van der Waals surface area contributed by atoms with Crippen LogP contribution in [0.3, 0.4) is 0 Å². The first-order chi connectivity index (χ1) is 9.15. The minimum absolute atomic E-state index is 0.643. The molecule has 19 heavy (non-hydrogen) atoms. The van der Waals surface area contributed by atoms with Gasteiger partial charge in [-0.15, -0.1) is 0 Å². The average molecular weight is 320 g/mol. The Morgan fingerprint density at radius 2 is 1.74 bits per heavy atom. The molecule has 0 aliphatic rings. The Morgan fingerprint density at radius 3 is 2.42 bits per heavy atom. The van der Waals surface area contributed by atoms with Crippen LogP contribution >= 0.6 is 15.9 Å². The van der Waals surface area contributed by atoms with Gasteiger partial charge in [-0.2, -0.15) is 0 Å². The van der Waals surface area contributed by atoms with E-state index in [-0.39, 0.29) is 0 Å². The second-order valence-electron chi connectivity index (χ2n) is 4.58. The van der Waals surface area contributed by atoms with Crippen LogP contribution in [0.15, 0.2) is 46.9 Å². The molecule has 2 rings (SSSR count). The predicted octanol–water partition coefficient (Wildman–Crippen LogP) is 4.56. The van der Waals surface area contributed by atoms with Crippen molar-refractivity contribution < 1.29 is 4.74 Å². The standard InChI is InChI=1S/C16H18BrNO/c1-12-9-13(2)11-14(10-12)19-8-7-18-16-6-4-3-5-15(16)17/h3-6,9-11,18H,7-8H2,1-2H3. The highest BCUT2D eigenvalue weighted by atomic mass is 79.9. The van der Waals surface area contributed by atoms with Crippen LogP contribution in [0.25, 0.3) is 0 Å². The first-order valence-corrected chi connectivity index (χ1v) is 7.14. The van der Waals surface area contributed by atoms with Gasteiger partial charge in [0, 0.05) is 16.7 Å². The van der Waals surface area contributed by atoms with E-state index in [0.717, 1.165) is 22.5 Å². The van der Waals surface area contributed by atoms with Crippen LogP contribution < -0.4 is 10.1 Å². The third-order valence-electron chi connectivity index (χ3n) is 2.76. The molecular weight excluding hydrogens is 302 g/mol. The van der Waals surface area contributed by atoms with E-state index >= 15 is 0 Å². The van der Waals surface area contributed by atoms with Crippen molar-refractivity contribution in [1.29, 1.82) is 0 Å². The molecule has 0 saturated carbocycles. The molecule has 0 amide bonds. The lowest BCUT2D eigenvalue weighted by molar-refractivity contribution is 0.332. The summed E-state index contributed by atoms with van der Waals surface area (Å²) in [7, 11) is 0. The number of para-hydroxylation sites is 1. The number of aryl methyl sites for hydroxylation is 2. The van der Waals surface area contributed by atoms with Gasteiger partial charge in [-0.3, -0.25) is 0 Å². The summed E-state index contributed by atoms with van der Waals surface area (Å²) < 4.78 is 6.82. The summed E-state index contributed by atoms with van der Waals surface area (Å²) in [6.45, 7) is 5.58. The van der Waals surface area contributed by atoms with Crippen LogP contribution in [0.4, 0.5) is 5.69 Å². The number of rotatable bonds is 5. The molecule has 1 N–H and O–H groups in total. The molecule has 2 aromatic carbocycles. The fourth-order valence-corrected chi connectivity index (χ4v) is 2.40. The molecule has 0 heterocycles. The quantitative estimate of drug-likeness (QED) is 0.816. The largest absolute Gasteiger partial charge is 0.492 e. The van der Waals surface area contributed by atoms with Gasteiger partial charge in [-0.05, 0) is 65.2 Å². The van der Waals surface area contributed by atoms with Crippen LogP contribution in [-0.4, -0.2) is 13.2 Å². The molecule has 0 aliphatic carbocycles. The maximum atomic E-state index is 5.75. The van der Waals surface area contributed by atoms with Crippen molar-refractivity contribution in [3.63, 3.8) is 0 Å². The number of halogens is 1. The minimum Gasteiger partial charge on any atom is -0.492 e. The van der Waals surface area contributed by atoms with E-state index in [0.29, 0.717) is 6.61 Å². The van der Waals surface area contributed by atoms with E-state index in [9.17, 15) is 0 Å². The molecule has 0 aromatic heterocycles. The Balaban J connectivity index is 1.82. The molecule has 0 aliphatic heterocycles. The minimum atomic E-state index is 0.643. The second kappa shape index (κ2) is 6.62. The van der Waals surface area contributed by atoms with Gasteiger partial charge in [0.05, 0.1) is 0 Å². The SMILES string of the molecule is Cc1cc(C)cc(OCCNc2ccccc2Br)c1. The normalized spacial score (nSPS) is 10.3. The monoisotopic (exact) mass is 319 g/mol. The highest BCUT2D eigenvalue weighted by Gasteiger charge is 1.99. The Bertz CT molecular complexity index is 534. The van der Waals surface area contributed by atoms with Crippen molar-refractivity contribution in [2.45, 2.75) is 13.8 Å². The number of ether oxygens (including phenoxy) is 1.